The van der Waals surface area contributed by atoms with Gasteiger partial charge in [0.05, 0.1) is 19.6 Å². The van der Waals surface area contributed by atoms with Crippen LogP contribution in [0.15, 0.2) is 42.5 Å². The zero-order valence-corrected chi connectivity index (χ0v) is 19.6. The van der Waals surface area contributed by atoms with Crippen molar-refractivity contribution >= 4 is 16.5 Å². The summed E-state index contributed by atoms with van der Waals surface area (Å²) in [6.07, 6.45) is 17.1. The third-order valence-electron chi connectivity index (χ3n) is 6.93. The Hall–Kier alpha value is -1.34. The van der Waals surface area contributed by atoms with Crippen LogP contribution in [0.1, 0.15) is 97.8 Å². The average Bonchev–Trinajstić information content (AvgIpc) is 2.77. The van der Waals surface area contributed by atoms with E-state index in [4.69, 9.17) is 0 Å². The number of fused-ring (bicyclic) bond motifs is 1. The number of rotatable bonds is 16. The second-order valence-electron chi connectivity index (χ2n) is 8.89. The minimum atomic E-state index is 1.12. The summed E-state index contributed by atoms with van der Waals surface area (Å²) in [5.41, 5.74) is 1.52. The number of hydrogen-bond donors (Lipinski definition) is 0. The highest BCUT2D eigenvalue weighted by Gasteiger charge is 2.27. The minimum absolute atomic E-state index is 1.12. The number of quaternary nitrogens is 1. The van der Waals surface area contributed by atoms with E-state index in [-0.39, 0.29) is 0 Å². The first-order valence-electron chi connectivity index (χ1n) is 12.6. The van der Waals surface area contributed by atoms with E-state index >= 15 is 0 Å². The van der Waals surface area contributed by atoms with E-state index in [1.807, 2.05) is 0 Å². The molecule has 0 aliphatic heterocycles. The zero-order chi connectivity index (χ0) is 20.8. The normalized spacial score (nSPS) is 12.0. The first kappa shape index (κ1) is 23.9. The smallest absolute Gasteiger partial charge is 0.140 e. The number of unbranched alkanes of at least 4 members (excludes halogenated alkanes) is 11. The fraction of sp³-hybridized carbons (Fsp3) is 0.643. The summed E-state index contributed by atoms with van der Waals surface area (Å²) in [6.45, 7) is 10.7. The molecule has 0 aromatic heterocycles. The van der Waals surface area contributed by atoms with Crippen LogP contribution in [0.4, 0.5) is 5.69 Å². The van der Waals surface area contributed by atoms with Gasteiger partial charge in [-0.05, 0) is 44.2 Å². The molecule has 0 spiro atoms. The fourth-order valence-corrected chi connectivity index (χ4v) is 4.88. The predicted molar refractivity (Wildman–Crippen MR) is 133 cm³/mol. The molecule has 0 radical (unpaired) electrons. The summed E-state index contributed by atoms with van der Waals surface area (Å²) in [6, 6.07) is 15.8. The van der Waals surface area contributed by atoms with E-state index in [9.17, 15) is 0 Å². The monoisotopic (exact) mass is 396 g/mol. The van der Waals surface area contributed by atoms with Crippen molar-refractivity contribution in [3.05, 3.63) is 42.5 Å². The van der Waals surface area contributed by atoms with Crippen LogP contribution >= 0.6 is 0 Å². The van der Waals surface area contributed by atoms with Gasteiger partial charge in [0.2, 0.25) is 0 Å². The molecule has 0 aliphatic rings. The number of nitrogens with zero attached hydrogens (tertiary/aromatic N) is 1. The Morgan fingerprint density at radius 1 is 0.552 bits per heavy atom. The molecule has 0 saturated heterocycles. The third-order valence-corrected chi connectivity index (χ3v) is 6.93. The highest BCUT2D eigenvalue weighted by molar-refractivity contribution is 5.93. The average molecular weight is 397 g/mol. The van der Waals surface area contributed by atoms with Gasteiger partial charge < -0.3 is 0 Å². The van der Waals surface area contributed by atoms with Crippen molar-refractivity contribution in [2.24, 2.45) is 0 Å². The summed E-state index contributed by atoms with van der Waals surface area (Å²) < 4.78 is 1.12. The molecule has 0 amide bonds. The standard InChI is InChI=1S/C28H46N/c1-4-7-8-9-10-11-12-13-14-15-16-19-25-29(5-2,6-3)28-24-20-22-26-21-17-18-23-27(26)28/h17-18,20-24H,4-16,19,25H2,1-3H3/q+1. The van der Waals surface area contributed by atoms with Crippen LogP contribution in [0.5, 0.6) is 0 Å². The first-order valence-corrected chi connectivity index (χ1v) is 12.6. The molecule has 0 N–H and O–H groups in total. The Morgan fingerprint density at radius 2 is 1.07 bits per heavy atom. The zero-order valence-electron chi connectivity index (χ0n) is 19.6. The molecular weight excluding hydrogens is 350 g/mol. The fourth-order valence-electron chi connectivity index (χ4n) is 4.88. The Kier molecular flexibility index (Phi) is 11.4. The Balaban J connectivity index is 1.73. The van der Waals surface area contributed by atoms with Crippen LogP contribution < -0.4 is 4.48 Å². The van der Waals surface area contributed by atoms with E-state index in [1.54, 1.807) is 0 Å². The van der Waals surface area contributed by atoms with E-state index < -0.39 is 0 Å². The second-order valence-corrected chi connectivity index (χ2v) is 8.89. The van der Waals surface area contributed by atoms with Crippen LogP contribution in [0.3, 0.4) is 0 Å². The molecule has 2 rings (SSSR count). The van der Waals surface area contributed by atoms with Gasteiger partial charge in [-0.3, -0.25) is 4.48 Å². The van der Waals surface area contributed by atoms with Crippen molar-refractivity contribution in [1.82, 2.24) is 4.48 Å². The lowest BCUT2D eigenvalue weighted by Crippen LogP contribution is -2.49. The summed E-state index contributed by atoms with van der Waals surface area (Å²) in [5, 5.41) is 2.82. The van der Waals surface area contributed by atoms with Crippen LogP contribution in [0, 0.1) is 0 Å². The summed E-state index contributed by atoms with van der Waals surface area (Å²) in [7, 11) is 0. The van der Waals surface area contributed by atoms with Crippen molar-refractivity contribution in [2.45, 2.75) is 97.8 Å². The second kappa shape index (κ2) is 13.8. The van der Waals surface area contributed by atoms with Gasteiger partial charge in [0.15, 0.2) is 0 Å². The van der Waals surface area contributed by atoms with Gasteiger partial charge in [-0.25, -0.2) is 0 Å². The van der Waals surface area contributed by atoms with Gasteiger partial charge in [0.1, 0.15) is 5.69 Å². The SMILES string of the molecule is CCCCCCCCCCCCCC[N+](CC)(CC)c1cccc2ccccc12. The molecule has 0 atom stereocenters. The van der Waals surface area contributed by atoms with Gasteiger partial charge in [0.25, 0.3) is 0 Å². The van der Waals surface area contributed by atoms with Crippen molar-refractivity contribution in [1.29, 1.82) is 0 Å². The largest absolute Gasteiger partial charge is 0.291 e. The van der Waals surface area contributed by atoms with Crippen molar-refractivity contribution in [2.75, 3.05) is 19.6 Å². The third kappa shape index (κ3) is 7.45. The van der Waals surface area contributed by atoms with Gasteiger partial charge in [-0.1, -0.05) is 101 Å². The molecule has 1 nitrogen and oxygen atoms in total. The highest BCUT2D eigenvalue weighted by atomic mass is 15.3. The molecule has 0 fully saturated rings. The lowest BCUT2D eigenvalue weighted by Gasteiger charge is -2.37. The molecule has 0 bridgehead atoms. The van der Waals surface area contributed by atoms with Crippen molar-refractivity contribution < 1.29 is 0 Å². The molecule has 29 heavy (non-hydrogen) atoms. The molecule has 0 unspecified atom stereocenters. The summed E-state index contributed by atoms with van der Waals surface area (Å²) in [4.78, 5) is 0. The maximum Gasteiger partial charge on any atom is 0.140 e. The van der Waals surface area contributed by atoms with E-state index in [1.165, 1.54) is 113 Å². The van der Waals surface area contributed by atoms with Gasteiger partial charge >= 0.3 is 0 Å². The number of hydrogen-bond acceptors (Lipinski definition) is 0. The summed E-state index contributed by atoms with van der Waals surface area (Å²) in [5.74, 6) is 0. The van der Waals surface area contributed by atoms with Crippen LogP contribution in [0.2, 0.25) is 0 Å². The van der Waals surface area contributed by atoms with Crippen LogP contribution in [-0.2, 0) is 0 Å². The van der Waals surface area contributed by atoms with Crippen molar-refractivity contribution in [3.8, 4) is 0 Å². The molecule has 2 aromatic carbocycles. The molecule has 0 aliphatic carbocycles. The topological polar surface area (TPSA) is 0 Å². The molecule has 0 saturated carbocycles. The quantitative estimate of drug-likeness (QED) is 0.196. The Morgan fingerprint density at radius 3 is 1.66 bits per heavy atom. The predicted octanol–water partition coefficient (Wildman–Crippen LogP) is 8.89. The summed E-state index contributed by atoms with van der Waals surface area (Å²) >= 11 is 0. The minimum Gasteiger partial charge on any atom is -0.291 e. The maximum atomic E-state index is 2.37. The molecule has 1 heteroatoms. The Bertz CT molecular complexity index is 666. The Labute approximate surface area is 181 Å². The molecule has 2 aromatic rings. The van der Waals surface area contributed by atoms with Gasteiger partial charge in [-0.15, -0.1) is 0 Å². The van der Waals surface area contributed by atoms with Crippen LogP contribution in [0.25, 0.3) is 10.8 Å². The molecule has 0 heterocycles. The van der Waals surface area contributed by atoms with Crippen molar-refractivity contribution in [3.63, 3.8) is 0 Å². The van der Waals surface area contributed by atoms with E-state index in [2.05, 4.69) is 63.2 Å². The van der Waals surface area contributed by atoms with Gasteiger partial charge in [-0.2, -0.15) is 0 Å². The lowest BCUT2D eigenvalue weighted by atomic mass is 10.0. The van der Waals surface area contributed by atoms with E-state index in [0.717, 1.165) is 4.48 Å². The molecular formula is C28H46N+. The highest BCUT2D eigenvalue weighted by Crippen LogP contribution is 2.32. The first-order chi connectivity index (χ1) is 14.3. The van der Waals surface area contributed by atoms with E-state index in [0.29, 0.717) is 0 Å². The lowest BCUT2D eigenvalue weighted by molar-refractivity contribution is 0.294. The maximum absolute atomic E-state index is 2.37. The molecule has 162 valence electrons. The van der Waals surface area contributed by atoms with Gasteiger partial charge in [0, 0.05) is 5.39 Å². The van der Waals surface area contributed by atoms with Crippen LogP contribution in [-0.4, -0.2) is 19.6 Å². The number of benzene rings is 2.